The van der Waals surface area contributed by atoms with Crippen LogP contribution in [0.1, 0.15) is 30.4 Å². The van der Waals surface area contributed by atoms with Crippen LogP contribution in [-0.2, 0) is 38.8 Å². The molecule has 0 aliphatic carbocycles. The third-order valence-electron chi connectivity index (χ3n) is 7.25. The Kier molecular flexibility index (Phi) is 10.3. The molecule has 1 aliphatic rings. The van der Waals surface area contributed by atoms with Crippen molar-refractivity contribution in [2.24, 2.45) is 0 Å². The highest BCUT2D eigenvalue weighted by atomic mass is 79.9. The average molecular weight is 683 g/mol. The number of benzene rings is 3. The van der Waals surface area contributed by atoms with Crippen LogP contribution in [0.4, 0.5) is 9.59 Å². The molecule has 2 atom stereocenters. The molecule has 2 heterocycles. The van der Waals surface area contributed by atoms with Gasteiger partial charge in [-0.05, 0) is 52.0 Å². The van der Waals surface area contributed by atoms with Crippen molar-refractivity contribution in [1.82, 2.24) is 14.5 Å². The maximum Gasteiger partial charge on any atom is 0.508 e. The number of Topliss-reactive ketones (excluding diaryl/α,β-unsaturated/α-hetero) is 1. The van der Waals surface area contributed by atoms with E-state index in [9.17, 15) is 19.2 Å². The molecule has 0 radical (unpaired) electrons. The summed E-state index contributed by atoms with van der Waals surface area (Å²) in [6.07, 6.45) is -0.343. The van der Waals surface area contributed by atoms with Gasteiger partial charge < -0.3 is 19.1 Å². The van der Waals surface area contributed by atoms with Gasteiger partial charge in [0.15, 0.2) is 5.78 Å². The van der Waals surface area contributed by atoms with Crippen LogP contribution in [0, 0.1) is 0 Å². The van der Waals surface area contributed by atoms with Crippen LogP contribution < -0.4 is 5.56 Å². The van der Waals surface area contributed by atoms with Crippen LogP contribution in [-0.4, -0.2) is 51.2 Å². The van der Waals surface area contributed by atoms with Gasteiger partial charge in [-0.15, -0.1) is 0 Å². The van der Waals surface area contributed by atoms with E-state index in [0.29, 0.717) is 34.4 Å². The summed E-state index contributed by atoms with van der Waals surface area (Å²) in [5.41, 5.74) is 1.59. The number of aromatic nitrogens is 2. The maximum atomic E-state index is 13.4. The summed E-state index contributed by atoms with van der Waals surface area (Å²) in [6, 6.07) is 20.6. The third kappa shape index (κ3) is 7.83. The monoisotopic (exact) mass is 681 g/mol. The Balaban J connectivity index is 1.32. The molecule has 12 heteroatoms. The van der Waals surface area contributed by atoms with Gasteiger partial charge in [-0.1, -0.05) is 72.3 Å². The molecule has 5 rings (SSSR count). The largest absolute Gasteiger partial charge is 0.508 e. The third-order valence-corrected chi connectivity index (χ3v) is 8.45. The van der Waals surface area contributed by atoms with Crippen LogP contribution in [0.15, 0.2) is 88.4 Å². The lowest BCUT2D eigenvalue weighted by Crippen LogP contribution is -2.53. The van der Waals surface area contributed by atoms with Crippen LogP contribution in [0.5, 0.6) is 0 Å². The van der Waals surface area contributed by atoms with Gasteiger partial charge in [0.25, 0.3) is 5.56 Å². The van der Waals surface area contributed by atoms with E-state index in [0.717, 1.165) is 11.1 Å². The van der Waals surface area contributed by atoms with Gasteiger partial charge in [0.05, 0.1) is 34.8 Å². The second-order valence-corrected chi connectivity index (χ2v) is 11.6. The number of hydrogen-bond donors (Lipinski definition) is 0. The van der Waals surface area contributed by atoms with Crippen molar-refractivity contribution in [3.8, 4) is 0 Å². The van der Waals surface area contributed by atoms with Gasteiger partial charge in [-0.25, -0.2) is 14.6 Å². The highest BCUT2D eigenvalue weighted by molar-refractivity contribution is 9.10. The van der Waals surface area contributed by atoms with E-state index in [1.54, 1.807) is 6.07 Å². The zero-order valence-corrected chi connectivity index (χ0v) is 25.9. The molecule has 228 valence electrons. The number of halogens is 2. The van der Waals surface area contributed by atoms with Gasteiger partial charge in [0, 0.05) is 17.4 Å². The molecule has 0 N–H and O–H groups in total. The fourth-order valence-electron chi connectivity index (χ4n) is 5.06. The zero-order valence-electron chi connectivity index (χ0n) is 23.6. The van der Waals surface area contributed by atoms with E-state index in [2.05, 4.69) is 20.9 Å². The van der Waals surface area contributed by atoms with Gasteiger partial charge >= 0.3 is 12.2 Å². The molecule has 3 aromatic carbocycles. The van der Waals surface area contributed by atoms with Gasteiger partial charge in [0.2, 0.25) is 0 Å². The molecule has 0 unspecified atom stereocenters. The molecule has 0 spiro atoms. The summed E-state index contributed by atoms with van der Waals surface area (Å²) in [5, 5.41) is 0.603. The molecule has 1 amide bonds. The molecule has 0 saturated carbocycles. The SMILES string of the molecule is O=C(C[C@@H]1[C@@H](OC(=O)OCc2ccccc2)CCCN1C(=O)OCc1ccccc1)Cn1cnc2cc(Br)c(Cl)cc2c1=O. The number of piperidine rings is 1. The van der Waals surface area contributed by atoms with Crippen molar-refractivity contribution in [2.75, 3.05) is 6.54 Å². The Morgan fingerprint density at radius 3 is 2.30 bits per heavy atom. The smallest absolute Gasteiger partial charge is 0.445 e. The number of ketones is 1. The Hall–Kier alpha value is -4.22. The molecular weight excluding hydrogens is 654 g/mol. The first-order valence-corrected chi connectivity index (χ1v) is 15.2. The summed E-state index contributed by atoms with van der Waals surface area (Å²) in [6.45, 7) is 0.0506. The van der Waals surface area contributed by atoms with E-state index >= 15 is 0 Å². The minimum absolute atomic E-state index is 0.0112. The summed E-state index contributed by atoms with van der Waals surface area (Å²) < 4.78 is 18.3. The first-order valence-electron chi connectivity index (χ1n) is 14.0. The number of amides is 1. The maximum absolute atomic E-state index is 13.4. The van der Waals surface area contributed by atoms with Gasteiger partial charge in [0.1, 0.15) is 19.3 Å². The highest BCUT2D eigenvalue weighted by Gasteiger charge is 2.39. The lowest BCUT2D eigenvalue weighted by atomic mass is 9.94. The molecule has 44 heavy (non-hydrogen) atoms. The van der Waals surface area contributed by atoms with Crippen LogP contribution in [0.3, 0.4) is 0 Å². The highest BCUT2D eigenvalue weighted by Crippen LogP contribution is 2.27. The zero-order chi connectivity index (χ0) is 31.1. The van der Waals surface area contributed by atoms with Crippen molar-refractivity contribution in [1.29, 1.82) is 0 Å². The second-order valence-electron chi connectivity index (χ2n) is 10.3. The van der Waals surface area contributed by atoms with E-state index < -0.39 is 30.0 Å². The number of rotatable bonds is 9. The number of fused-ring (bicyclic) bond motifs is 1. The predicted molar refractivity (Wildman–Crippen MR) is 166 cm³/mol. The second kappa shape index (κ2) is 14.5. The molecule has 4 aromatic rings. The Morgan fingerprint density at radius 2 is 1.61 bits per heavy atom. The summed E-state index contributed by atoms with van der Waals surface area (Å²) >= 11 is 9.50. The standard InChI is InChI=1S/C32H29BrClN3O7/c33-25-16-27-24(15-26(25)34)30(39)36(20-35-27)17-23(38)14-28-29(44-32(41)43-19-22-10-5-2-6-11-22)12-7-13-37(28)31(40)42-18-21-8-3-1-4-9-21/h1-6,8-11,15-16,20,28-29H,7,12-14,17-19H2/t28-,29+/m1/s1. The van der Waals surface area contributed by atoms with Crippen LogP contribution in [0.2, 0.25) is 5.02 Å². The summed E-state index contributed by atoms with van der Waals surface area (Å²) in [4.78, 5) is 58.2. The number of likely N-dealkylation sites (tertiary alicyclic amines) is 1. The van der Waals surface area contributed by atoms with E-state index in [4.69, 9.17) is 25.8 Å². The molecule has 1 aromatic heterocycles. The minimum Gasteiger partial charge on any atom is -0.445 e. The Bertz CT molecular complexity index is 1700. The normalized spacial score (nSPS) is 16.4. The van der Waals surface area contributed by atoms with E-state index in [1.165, 1.54) is 21.9 Å². The van der Waals surface area contributed by atoms with Crippen molar-refractivity contribution >= 4 is 56.5 Å². The Morgan fingerprint density at radius 1 is 0.955 bits per heavy atom. The fraction of sp³-hybridized carbons (Fsp3) is 0.281. The molecular formula is C32H29BrClN3O7. The van der Waals surface area contributed by atoms with Crippen molar-refractivity contribution in [3.63, 3.8) is 0 Å². The minimum atomic E-state index is -0.909. The topological polar surface area (TPSA) is 117 Å². The number of carbonyl (C=O) groups is 3. The van der Waals surface area contributed by atoms with Crippen molar-refractivity contribution < 1.29 is 28.6 Å². The number of nitrogens with zero attached hydrogens (tertiary/aromatic N) is 3. The lowest BCUT2D eigenvalue weighted by Gasteiger charge is -2.39. The van der Waals surface area contributed by atoms with E-state index in [-0.39, 0.29) is 37.3 Å². The van der Waals surface area contributed by atoms with Gasteiger partial charge in [-0.2, -0.15) is 0 Å². The van der Waals surface area contributed by atoms with Crippen molar-refractivity contribution in [3.05, 3.63) is 110 Å². The molecule has 1 aliphatic heterocycles. The molecule has 1 saturated heterocycles. The molecule has 1 fully saturated rings. The van der Waals surface area contributed by atoms with Crippen LogP contribution in [0.25, 0.3) is 10.9 Å². The summed E-state index contributed by atoms with van der Waals surface area (Å²) in [7, 11) is 0. The Labute approximate surface area is 266 Å². The number of ether oxygens (including phenoxy) is 3. The number of hydrogen-bond acceptors (Lipinski definition) is 8. The first kappa shape index (κ1) is 31.2. The molecule has 0 bridgehead atoms. The fourth-order valence-corrected chi connectivity index (χ4v) is 5.55. The first-order chi connectivity index (χ1) is 21.3. The van der Waals surface area contributed by atoms with E-state index in [1.807, 2.05) is 60.7 Å². The lowest BCUT2D eigenvalue weighted by molar-refractivity contribution is -0.123. The van der Waals surface area contributed by atoms with Crippen LogP contribution >= 0.6 is 27.5 Å². The van der Waals surface area contributed by atoms with Gasteiger partial charge in [-0.3, -0.25) is 14.2 Å². The van der Waals surface area contributed by atoms with Crippen molar-refractivity contribution in [2.45, 2.75) is 51.2 Å². The predicted octanol–water partition coefficient (Wildman–Crippen LogP) is 6.29. The summed E-state index contributed by atoms with van der Waals surface area (Å²) in [5.74, 6) is -0.365. The average Bonchev–Trinajstić information content (AvgIpc) is 3.03. The quantitative estimate of drug-likeness (QED) is 0.189. The number of carbonyl (C=O) groups excluding carboxylic acids is 3. The molecule has 10 nitrogen and oxygen atoms in total.